The van der Waals surface area contributed by atoms with Gasteiger partial charge in [-0.3, -0.25) is 9.80 Å². The minimum Gasteiger partial charge on any atom is -0.377 e. The standard InChI is InChI=1S/C16H29N3O2/c1-14(2)16(12-17)19-7-5-18(6-8-19)9-11-20-13-15-4-3-10-21-15/h14-16H,3-11,13H2,1-2H3/t15-,16-/m0/s1. The summed E-state index contributed by atoms with van der Waals surface area (Å²) in [5, 5.41) is 9.25. The molecular formula is C16H29N3O2. The highest BCUT2D eigenvalue weighted by molar-refractivity contribution is 4.95. The van der Waals surface area contributed by atoms with Gasteiger partial charge in [-0.25, -0.2) is 0 Å². The first kappa shape index (κ1) is 16.7. The van der Waals surface area contributed by atoms with Crippen LogP contribution in [0.2, 0.25) is 0 Å². The van der Waals surface area contributed by atoms with E-state index >= 15 is 0 Å². The van der Waals surface area contributed by atoms with E-state index in [1.165, 1.54) is 6.42 Å². The molecule has 0 radical (unpaired) electrons. The normalized spacial score (nSPS) is 26.1. The number of hydrogen-bond acceptors (Lipinski definition) is 5. The minimum atomic E-state index is 0.0583. The molecule has 0 aromatic carbocycles. The second-order valence-corrected chi connectivity index (χ2v) is 6.41. The molecule has 0 aromatic heterocycles. The van der Waals surface area contributed by atoms with Gasteiger partial charge in [-0.15, -0.1) is 0 Å². The minimum absolute atomic E-state index is 0.0583. The van der Waals surface area contributed by atoms with Gasteiger partial charge >= 0.3 is 0 Å². The topological polar surface area (TPSA) is 48.7 Å². The molecule has 2 rings (SSSR count). The van der Waals surface area contributed by atoms with E-state index in [1.54, 1.807) is 0 Å². The second kappa shape index (κ2) is 8.70. The van der Waals surface area contributed by atoms with Crippen molar-refractivity contribution in [3.8, 4) is 6.07 Å². The third kappa shape index (κ3) is 5.23. The third-order valence-electron chi connectivity index (χ3n) is 4.44. The molecule has 0 aromatic rings. The van der Waals surface area contributed by atoms with Crippen LogP contribution in [0.5, 0.6) is 0 Å². The summed E-state index contributed by atoms with van der Waals surface area (Å²) in [6.07, 6.45) is 2.64. The smallest absolute Gasteiger partial charge is 0.100 e. The van der Waals surface area contributed by atoms with Crippen molar-refractivity contribution in [2.75, 3.05) is 52.5 Å². The van der Waals surface area contributed by atoms with E-state index in [0.29, 0.717) is 12.0 Å². The predicted octanol–water partition coefficient (Wildman–Crippen LogP) is 1.35. The number of hydrogen-bond donors (Lipinski definition) is 0. The Kier molecular flexibility index (Phi) is 6.91. The highest BCUT2D eigenvalue weighted by Crippen LogP contribution is 2.14. The molecule has 0 spiro atoms. The Morgan fingerprint density at radius 1 is 1.29 bits per heavy atom. The zero-order chi connectivity index (χ0) is 15.1. The van der Waals surface area contributed by atoms with Gasteiger partial charge in [-0.05, 0) is 18.8 Å². The molecule has 2 aliphatic rings. The summed E-state index contributed by atoms with van der Waals surface area (Å²) < 4.78 is 11.3. The maximum absolute atomic E-state index is 9.25. The molecule has 0 amide bonds. The van der Waals surface area contributed by atoms with Crippen molar-refractivity contribution in [1.29, 1.82) is 5.26 Å². The number of nitrogens with zero attached hydrogens (tertiary/aromatic N) is 3. The molecule has 5 nitrogen and oxygen atoms in total. The van der Waals surface area contributed by atoms with Crippen LogP contribution in [0.25, 0.3) is 0 Å². The first-order valence-electron chi connectivity index (χ1n) is 8.26. The SMILES string of the molecule is CC(C)[C@H](C#N)N1CCN(CCOC[C@@H]2CCCO2)CC1. The van der Waals surface area contributed by atoms with Gasteiger partial charge in [0, 0.05) is 39.3 Å². The summed E-state index contributed by atoms with van der Waals surface area (Å²) in [6.45, 7) is 11.7. The summed E-state index contributed by atoms with van der Waals surface area (Å²) >= 11 is 0. The Labute approximate surface area is 128 Å². The summed E-state index contributed by atoms with van der Waals surface area (Å²) in [7, 11) is 0. The van der Waals surface area contributed by atoms with Crippen LogP contribution in [-0.4, -0.2) is 74.5 Å². The molecule has 0 unspecified atom stereocenters. The van der Waals surface area contributed by atoms with Gasteiger partial charge in [-0.1, -0.05) is 13.8 Å². The third-order valence-corrected chi connectivity index (χ3v) is 4.44. The lowest BCUT2D eigenvalue weighted by molar-refractivity contribution is 0.00476. The molecule has 120 valence electrons. The molecule has 2 heterocycles. The summed E-state index contributed by atoms with van der Waals surface area (Å²) in [6, 6.07) is 2.50. The Balaban J connectivity index is 1.57. The Morgan fingerprint density at radius 3 is 2.62 bits per heavy atom. The number of nitriles is 1. The molecule has 0 N–H and O–H groups in total. The van der Waals surface area contributed by atoms with E-state index in [9.17, 15) is 5.26 Å². The highest BCUT2D eigenvalue weighted by atomic mass is 16.5. The van der Waals surface area contributed by atoms with Crippen LogP contribution in [0.4, 0.5) is 0 Å². The average molecular weight is 295 g/mol. The highest BCUT2D eigenvalue weighted by Gasteiger charge is 2.25. The van der Waals surface area contributed by atoms with E-state index in [1.807, 2.05) is 0 Å². The molecule has 5 heteroatoms. The zero-order valence-corrected chi connectivity index (χ0v) is 13.5. The van der Waals surface area contributed by atoms with E-state index in [4.69, 9.17) is 9.47 Å². The average Bonchev–Trinajstić information content (AvgIpc) is 2.99. The fourth-order valence-corrected chi connectivity index (χ4v) is 3.10. The molecule has 2 saturated heterocycles. The fourth-order valence-electron chi connectivity index (χ4n) is 3.10. The number of rotatable bonds is 7. The number of piperazine rings is 1. The molecule has 2 atom stereocenters. The van der Waals surface area contributed by atoms with Gasteiger partial charge < -0.3 is 9.47 Å². The van der Waals surface area contributed by atoms with Crippen molar-refractivity contribution in [3.05, 3.63) is 0 Å². The molecular weight excluding hydrogens is 266 g/mol. The summed E-state index contributed by atoms with van der Waals surface area (Å²) in [4.78, 5) is 4.75. The van der Waals surface area contributed by atoms with Crippen LogP contribution in [0.3, 0.4) is 0 Å². The van der Waals surface area contributed by atoms with Crippen LogP contribution in [0, 0.1) is 17.2 Å². The first-order valence-corrected chi connectivity index (χ1v) is 8.26. The van der Waals surface area contributed by atoms with Gasteiger partial charge in [0.1, 0.15) is 6.04 Å². The molecule has 0 aliphatic carbocycles. The van der Waals surface area contributed by atoms with Crippen molar-refractivity contribution in [1.82, 2.24) is 9.80 Å². The van der Waals surface area contributed by atoms with Gasteiger partial charge in [0.2, 0.25) is 0 Å². The van der Waals surface area contributed by atoms with Crippen molar-refractivity contribution in [3.63, 3.8) is 0 Å². The molecule has 2 aliphatic heterocycles. The lowest BCUT2D eigenvalue weighted by Crippen LogP contribution is -2.51. The lowest BCUT2D eigenvalue weighted by Gasteiger charge is -2.38. The van der Waals surface area contributed by atoms with Gasteiger partial charge in [0.15, 0.2) is 0 Å². The fraction of sp³-hybridized carbons (Fsp3) is 0.938. The van der Waals surface area contributed by atoms with Crippen LogP contribution < -0.4 is 0 Å². The Hall–Kier alpha value is -0.670. The van der Waals surface area contributed by atoms with Crippen molar-refractivity contribution in [2.24, 2.45) is 5.92 Å². The van der Waals surface area contributed by atoms with E-state index in [-0.39, 0.29) is 6.04 Å². The second-order valence-electron chi connectivity index (χ2n) is 6.41. The monoisotopic (exact) mass is 295 g/mol. The number of ether oxygens (including phenoxy) is 2. The van der Waals surface area contributed by atoms with E-state index in [2.05, 4.69) is 29.7 Å². The Morgan fingerprint density at radius 2 is 2.05 bits per heavy atom. The van der Waals surface area contributed by atoms with Crippen LogP contribution in [0.1, 0.15) is 26.7 Å². The van der Waals surface area contributed by atoms with E-state index in [0.717, 1.165) is 59.0 Å². The molecule has 2 fully saturated rings. The van der Waals surface area contributed by atoms with Gasteiger partial charge in [-0.2, -0.15) is 5.26 Å². The lowest BCUT2D eigenvalue weighted by atomic mass is 10.0. The quantitative estimate of drug-likeness (QED) is 0.664. The maximum atomic E-state index is 9.25. The van der Waals surface area contributed by atoms with Crippen LogP contribution in [-0.2, 0) is 9.47 Å². The Bertz CT molecular complexity index is 329. The first-order chi connectivity index (χ1) is 10.2. The summed E-state index contributed by atoms with van der Waals surface area (Å²) in [5.41, 5.74) is 0. The maximum Gasteiger partial charge on any atom is 0.100 e. The molecule has 21 heavy (non-hydrogen) atoms. The molecule has 0 bridgehead atoms. The van der Waals surface area contributed by atoms with Crippen molar-refractivity contribution >= 4 is 0 Å². The van der Waals surface area contributed by atoms with Crippen LogP contribution >= 0.6 is 0 Å². The largest absolute Gasteiger partial charge is 0.377 e. The van der Waals surface area contributed by atoms with Crippen molar-refractivity contribution < 1.29 is 9.47 Å². The zero-order valence-electron chi connectivity index (χ0n) is 13.5. The van der Waals surface area contributed by atoms with Gasteiger partial charge in [0.25, 0.3) is 0 Å². The predicted molar refractivity (Wildman–Crippen MR) is 82.0 cm³/mol. The van der Waals surface area contributed by atoms with Crippen LogP contribution in [0.15, 0.2) is 0 Å². The molecule has 0 saturated carbocycles. The summed E-state index contributed by atoms with van der Waals surface area (Å²) in [5.74, 6) is 0.399. The van der Waals surface area contributed by atoms with Gasteiger partial charge in [0.05, 0.1) is 25.4 Å². The van der Waals surface area contributed by atoms with Crippen molar-refractivity contribution in [2.45, 2.75) is 38.8 Å². The van der Waals surface area contributed by atoms with E-state index < -0.39 is 0 Å².